The van der Waals surface area contributed by atoms with Gasteiger partial charge in [0, 0.05) is 47.9 Å². The number of hydrogen-bond donors (Lipinski definition) is 5. The molecule has 3 aromatic carbocycles. The fourth-order valence-corrected chi connectivity index (χ4v) is 5.02. The van der Waals surface area contributed by atoms with Crippen LogP contribution in [0, 0.1) is 0 Å². The Morgan fingerprint density at radius 1 is 0.951 bits per heavy atom. The lowest BCUT2D eigenvalue weighted by molar-refractivity contribution is -0.138. The number of fused-ring (bicyclic) bond motifs is 2. The van der Waals surface area contributed by atoms with Crippen LogP contribution in [0.4, 0.5) is 10.5 Å². The molecule has 0 spiro atoms. The van der Waals surface area contributed by atoms with Crippen molar-refractivity contribution in [2.75, 3.05) is 5.32 Å². The number of H-pyrrole nitrogens is 1. The van der Waals surface area contributed by atoms with Crippen LogP contribution in [0.3, 0.4) is 0 Å². The second kappa shape index (κ2) is 11.2. The molecule has 5 N–H and O–H groups in total. The average molecular weight is 554 g/mol. The van der Waals surface area contributed by atoms with Crippen LogP contribution < -0.4 is 16.0 Å². The number of nitrogens with one attached hydrogen (secondary N) is 4. The van der Waals surface area contributed by atoms with Crippen molar-refractivity contribution < 1.29 is 24.3 Å². The molecule has 4 aromatic rings. The van der Waals surface area contributed by atoms with Gasteiger partial charge >= 0.3 is 6.09 Å². The number of aromatic amines is 1. The molecule has 0 bridgehead atoms. The number of carbonyl (C=O) groups excluding carboxylic acids is 3. The molecule has 1 atom stereocenters. The second-order valence-corrected chi connectivity index (χ2v) is 10.6. The fourth-order valence-electron chi connectivity index (χ4n) is 5.02. The van der Waals surface area contributed by atoms with Gasteiger partial charge in [-0.15, -0.1) is 0 Å². The molecule has 2 heterocycles. The van der Waals surface area contributed by atoms with E-state index in [1.165, 1.54) is 13.8 Å². The number of para-hydroxylation sites is 1. The monoisotopic (exact) mass is 553 g/mol. The number of hydrogen-bond acceptors (Lipinski definition) is 4. The first-order valence-corrected chi connectivity index (χ1v) is 13.2. The van der Waals surface area contributed by atoms with Crippen molar-refractivity contribution in [2.24, 2.45) is 0 Å². The maximum Gasteiger partial charge on any atom is 0.405 e. The number of anilines is 1. The lowest BCUT2D eigenvalue weighted by Gasteiger charge is -2.29. The van der Waals surface area contributed by atoms with Gasteiger partial charge in [-0.1, -0.05) is 42.5 Å². The Morgan fingerprint density at radius 2 is 1.66 bits per heavy atom. The third-order valence-corrected chi connectivity index (χ3v) is 7.22. The summed E-state index contributed by atoms with van der Waals surface area (Å²) in [4.78, 5) is 55.8. The van der Waals surface area contributed by atoms with E-state index in [-0.39, 0.29) is 18.2 Å². The minimum Gasteiger partial charge on any atom is -0.465 e. The Hall–Kier alpha value is -5.12. The molecule has 41 heavy (non-hydrogen) atoms. The lowest BCUT2D eigenvalue weighted by atomic mass is 10.0. The summed E-state index contributed by atoms with van der Waals surface area (Å²) >= 11 is 0. The summed E-state index contributed by atoms with van der Waals surface area (Å²) in [6.07, 6.45) is 0.691. The zero-order valence-electron chi connectivity index (χ0n) is 22.7. The maximum atomic E-state index is 13.9. The largest absolute Gasteiger partial charge is 0.465 e. The van der Waals surface area contributed by atoms with Crippen LogP contribution in [0.25, 0.3) is 10.9 Å². The molecule has 210 valence electrons. The van der Waals surface area contributed by atoms with Crippen LogP contribution in [0.1, 0.15) is 40.9 Å². The van der Waals surface area contributed by atoms with Crippen LogP contribution in [0.2, 0.25) is 0 Å². The van der Waals surface area contributed by atoms with Gasteiger partial charge in [-0.25, -0.2) is 4.79 Å². The van der Waals surface area contributed by atoms with Crippen molar-refractivity contribution in [1.29, 1.82) is 0 Å². The third-order valence-electron chi connectivity index (χ3n) is 7.22. The van der Waals surface area contributed by atoms with E-state index in [0.29, 0.717) is 24.3 Å². The average Bonchev–Trinajstić information content (AvgIpc) is 3.56. The SMILES string of the molecule is CC(C)(NC(=O)O)C(=O)N[C@H](Cc1c[nH]c2ccccc12)C(=O)N1Cc2ccc(NC(=O)c3ccccc3)cc2C1. The van der Waals surface area contributed by atoms with E-state index in [9.17, 15) is 24.3 Å². The predicted molar refractivity (Wildman–Crippen MR) is 154 cm³/mol. The first-order chi connectivity index (χ1) is 19.6. The van der Waals surface area contributed by atoms with Crippen molar-refractivity contribution in [1.82, 2.24) is 20.5 Å². The van der Waals surface area contributed by atoms with Crippen molar-refractivity contribution in [3.8, 4) is 0 Å². The molecule has 1 aromatic heterocycles. The van der Waals surface area contributed by atoms with Gasteiger partial charge in [0.05, 0.1) is 0 Å². The number of aromatic nitrogens is 1. The van der Waals surface area contributed by atoms with E-state index in [1.54, 1.807) is 35.2 Å². The number of nitrogens with zero attached hydrogens (tertiary/aromatic N) is 1. The van der Waals surface area contributed by atoms with Crippen LogP contribution in [-0.4, -0.2) is 50.4 Å². The Morgan fingerprint density at radius 3 is 2.41 bits per heavy atom. The molecule has 5 rings (SSSR count). The normalized spacial score (nSPS) is 13.4. The zero-order chi connectivity index (χ0) is 29.1. The summed E-state index contributed by atoms with van der Waals surface area (Å²) in [7, 11) is 0. The summed E-state index contributed by atoms with van der Waals surface area (Å²) in [5, 5.41) is 18.0. The first kappa shape index (κ1) is 27.4. The van der Waals surface area contributed by atoms with Crippen LogP contribution >= 0.6 is 0 Å². The van der Waals surface area contributed by atoms with Gasteiger partial charge in [0.15, 0.2) is 0 Å². The molecular formula is C31H31N5O5. The highest BCUT2D eigenvalue weighted by molar-refractivity contribution is 6.04. The van der Waals surface area contributed by atoms with Gasteiger partial charge < -0.3 is 30.9 Å². The number of benzene rings is 3. The molecule has 0 fully saturated rings. The lowest BCUT2D eigenvalue weighted by Crippen LogP contribution is -2.59. The van der Waals surface area contributed by atoms with Crippen LogP contribution in [0.5, 0.6) is 0 Å². The van der Waals surface area contributed by atoms with Gasteiger partial charge in [-0.3, -0.25) is 14.4 Å². The highest BCUT2D eigenvalue weighted by atomic mass is 16.4. The van der Waals surface area contributed by atoms with Gasteiger partial charge in [0.25, 0.3) is 5.91 Å². The molecule has 10 nitrogen and oxygen atoms in total. The summed E-state index contributed by atoms with van der Waals surface area (Å²) in [6.45, 7) is 3.54. The van der Waals surface area contributed by atoms with E-state index in [1.807, 2.05) is 48.7 Å². The maximum absolute atomic E-state index is 13.9. The molecular weight excluding hydrogens is 522 g/mol. The quantitative estimate of drug-likeness (QED) is 0.224. The minimum absolute atomic E-state index is 0.211. The third kappa shape index (κ3) is 6.06. The summed E-state index contributed by atoms with van der Waals surface area (Å²) < 4.78 is 0. The molecule has 10 heteroatoms. The Balaban J connectivity index is 1.35. The summed E-state index contributed by atoms with van der Waals surface area (Å²) in [6, 6.07) is 21.2. The molecule has 0 aliphatic carbocycles. The molecule has 1 aliphatic rings. The minimum atomic E-state index is -1.45. The summed E-state index contributed by atoms with van der Waals surface area (Å²) in [5.74, 6) is -1.13. The first-order valence-electron chi connectivity index (χ1n) is 13.2. The smallest absolute Gasteiger partial charge is 0.405 e. The Kier molecular flexibility index (Phi) is 7.47. The number of carbonyl (C=O) groups is 4. The van der Waals surface area contributed by atoms with Gasteiger partial charge in [0.2, 0.25) is 11.8 Å². The van der Waals surface area contributed by atoms with E-state index < -0.39 is 23.6 Å². The van der Waals surface area contributed by atoms with E-state index in [0.717, 1.165) is 27.6 Å². The fraction of sp³-hybridized carbons (Fsp3) is 0.226. The van der Waals surface area contributed by atoms with Crippen LogP contribution in [0.15, 0.2) is 79.0 Å². The van der Waals surface area contributed by atoms with E-state index >= 15 is 0 Å². The molecule has 0 saturated carbocycles. The molecule has 4 amide bonds. The van der Waals surface area contributed by atoms with Crippen molar-refractivity contribution in [3.05, 3.63) is 101 Å². The topological polar surface area (TPSA) is 144 Å². The van der Waals surface area contributed by atoms with E-state index in [4.69, 9.17) is 0 Å². The van der Waals surface area contributed by atoms with Gasteiger partial charge in [0.1, 0.15) is 11.6 Å². The van der Waals surface area contributed by atoms with Crippen LogP contribution in [-0.2, 0) is 29.1 Å². The van der Waals surface area contributed by atoms with E-state index in [2.05, 4.69) is 20.9 Å². The molecule has 0 radical (unpaired) electrons. The number of rotatable bonds is 8. The van der Waals surface area contributed by atoms with Crippen molar-refractivity contribution >= 4 is 40.4 Å². The highest BCUT2D eigenvalue weighted by Gasteiger charge is 2.36. The number of amides is 4. The molecule has 0 saturated heterocycles. The standard InChI is InChI=1S/C31H31N5O5/c1-31(2,35-30(40)41)29(39)34-26(15-21-16-32-25-11-7-6-10-24(21)25)28(38)36-17-20-12-13-23(14-22(20)18-36)33-27(37)19-8-4-3-5-9-19/h3-14,16,26,32,35H,15,17-18H2,1-2H3,(H,33,37)(H,34,39)(H,40,41)/t26-/m1/s1. The second-order valence-electron chi connectivity index (χ2n) is 10.6. The number of carboxylic acid groups (broad SMARTS) is 1. The summed E-state index contributed by atoms with van der Waals surface area (Å²) in [5.41, 5.74) is 3.32. The molecule has 0 unspecified atom stereocenters. The van der Waals surface area contributed by atoms with Crippen molar-refractivity contribution in [3.63, 3.8) is 0 Å². The zero-order valence-corrected chi connectivity index (χ0v) is 22.7. The predicted octanol–water partition coefficient (Wildman–Crippen LogP) is 4.04. The van der Waals surface area contributed by atoms with Gasteiger partial charge in [-0.05, 0) is 60.9 Å². The Bertz CT molecular complexity index is 1630. The highest BCUT2D eigenvalue weighted by Crippen LogP contribution is 2.28. The Labute approximate surface area is 236 Å². The van der Waals surface area contributed by atoms with Gasteiger partial charge in [-0.2, -0.15) is 0 Å². The van der Waals surface area contributed by atoms with Crippen molar-refractivity contribution in [2.45, 2.75) is 44.9 Å². The molecule has 1 aliphatic heterocycles.